The van der Waals surface area contributed by atoms with Crippen LogP contribution < -0.4 is 0 Å². The summed E-state index contributed by atoms with van der Waals surface area (Å²) >= 11 is 5.76. The molecule has 0 unspecified atom stereocenters. The van der Waals surface area contributed by atoms with E-state index in [-0.39, 0.29) is 12.2 Å². The zero-order valence-electron chi connectivity index (χ0n) is 10.6. The van der Waals surface area contributed by atoms with Crippen LogP contribution in [0.3, 0.4) is 0 Å². The summed E-state index contributed by atoms with van der Waals surface area (Å²) in [4.78, 5) is 23.4. The van der Waals surface area contributed by atoms with Crippen LogP contribution in [0, 0.1) is 0 Å². The summed E-state index contributed by atoms with van der Waals surface area (Å²) in [7, 11) is 0. The van der Waals surface area contributed by atoms with Gasteiger partial charge in [-0.1, -0.05) is 11.6 Å². The number of cyclic esters (lactones) is 1. The average Bonchev–Trinajstić information content (AvgIpc) is 2.26. The van der Waals surface area contributed by atoms with E-state index in [1.54, 1.807) is 38.1 Å². The number of esters is 1. The summed E-state index contributed by atoms with van der Waals surface area (Å²) in [6, 6.07) is 6.56. The maximum atomic E-state index is 12.0. The van der Waals surface area contributed by atoms with Gasteiger partial charge in [0.2, 0.25) is 5.79 Å². The molecule has 1 aliphatic heterocycles. The summed E-state index contributed by atoms with van der Waals surface area (Å²) in [5.41, 5.74) is 0.519. The van der Waals surface area contributed by atoms with Gasteiger partial charge in [-0.15, -0.1) is 0 Å². The second-order valence-electron chi connectivity index (χ2n) is 4.64. The van der Waals surface area contributed by atoms with E-state index in [0.29, 0.717) is 16.3 Å². The first-order valence-corrected chi connectivity index (χ1v) is 6.15. The first-order chi connectivity index (χ1) is 8.85. The van der Waals surface area contributed by atoms with E-state index in [9.17, 15) is 9.59 Å². The van der Waals surface area contributed by atoms with Gasteiger partial charge in [0.1, 0.15) is 5.76 Å². The van der Waals surface area contributed by atoms with Gasteiger partial charge >= 0.3 is 5.97 Å². The van der Waals surface area contributed by atoms with Crippen molar-refractivity contribution in [3.05, 3.63) is 46.7 Å². The molecular formula is C14H13ClO4. The number of carbonyl (C=O) groups is 2. The van der Waals surface area contributed by atoms with Crippen molar-refractivity contribution in [2.75, 3.05) is 0 Å². The molecule has 0 atom stereocenters. The van der Waals surface area contributed by atoms with E-state index < -0.39 is 11.8 Å². The Bertz CT molecular complexity index is 543. The lowest BCUT2D eigenvalue weighted by atomic mass is 10.1. The Morgan fingerprint density at radius 2 is 1.84 bits per heavy atom. The summed E-state index contributed by atoms with van der Waals surface area (Å²) in [6.45, 7) is 3.23. The number of ketones is 1. The minimum absolute atomic E-state index is 0.0140. The van der Waals surface area contributed by atoms with Crippen LogP contribution in [0.1, 0.15) is 30.6 Å². The predicted molar refractivity (Wildman–Crippen MR) is 69.7 cm³/mol. The van der Waals surface area contributed by atoms with Gasteiger partial charge in [0.25, 0.3) is 0 Å². The predicted octanol–water partition coefficient (Wildman–Crippen LogP) is 3.11. The number of benzene rings is 1. The topological polar surface area (TPSA) is 52.6 Å². The van der Waals surface area contributed by atoms with Gasteiger partial charge in [-0.2, -0.15) is 0 Å². The van der Waals surface area contributed by atoms with Crippen molar-refractivity contribution in [1.29, 1.82) is 0 Å². The van der Waals surface area contributed by atoms with E-state index >= 15 is 0 Å². The molecule has 100 valence electrons. The van der Waals surface area contributed by atoms with E-state index in [4.69, 9.17) is 21.1 Å². The number of rotatable bonds is 3. The number of hydrogen-bond donors (Lipinski definition) is 0. The van der Waals surface area contributed by atoms with Crippen LogP contribution in [0.25, 0.3) is 0 Å². The molecule has 0 N–H and O–H groups in total. The Balaban J connectivity index is 2.11. The smallest absolute Gasteiger partial charge is 0.337 e. The minimum atomic E-state index is -1.04. The largest absolute Gasteiger partial charge is 0.456 e. The summed E-state index contributed by atoms with van der Waals surface area (Å²) in [5, 5.41) is 0.564. The molecule has 2 rings (SSSR count). The molecule has 0 spiro atoms. The zero-order valence-corrected chi connectivity index (χ0v) is 11.4. The molecule has 4 nitrogen and oxygen atoms in total. The zero-order chi connectivity index (χ0) is 14.0. The Hall–Kier alpha value is -1.81. The van der Waals surface area contributed by atoms with Gasteiger partial charge in [-0.05, 0) is 24.3 Å². The molecule has 0 fully saturated rings. The molecule has 0 aliphatic carbocycles. The second-order valence-corrected chi connectivity index (χ2v) is 5.08. The number of Topliss-reactive ketones (excluding diaryl/α,β-unsaturated/α-hetero) is 1. The molecule has 1 aliphatic rings. The SMILES string of the molecule is CC1(C)OC(=O)C=C(CC(=O)c2ccc(Cl)cc2)O1. The van der Waals surface area contributed by atoms with Gasteiger partial charge < -0.3 is 9.47 Å². The van der Waals surface area contributed by atoms with Gasteiger partial charge in [-0.3, -0.25) is 4.79 Å². The van der Waals surface area contributed by atoms with Crippen molar-refractivity contribution in [2.45, 2.75) is 26.1 Å². The number of ether oxygens (including phenoxy) is 2. The average molecular weight is 281 g/mol. The molecule has 0 saturated heterocycles. The summed E-state index contributed by atoms with van der Waals surface area (Å²) in [5.74, 6) is -1.38. The van der Waals surface area contributed by atoms with E-state index in [1.165, 1.54) is 6.08 Å². The monoisotopic (exact) mass is 280 g/mol. The second kappa shape index (κ2) is 5.05. The van der Waals surface area contributed by atoms with Crippen molar-refractivity contribution < 1.29 is 19.1 Å². The van der Waals surface area contributed by atoms with Crippen LogP contribution in [0.5, 0.6) is 0 Å². The van der Waals surface area contributed by atoms with Crippen molar-refractivity contribution in [3.63, 3.8) is 0 Å². The molecule has 0 radical (unpaired) electrons. The number of allylic oxidation sites excluding steroid dienone is 1. The van der Waals surface area contributed by atoms with Crippen LogP contribution in [-0.4, -0.2) is 17.5 Å². The van der Waals surface area contributed by atoms with Crippen LogP contribution in [0.4, 0.5) is 0 Å². The molecular weight excluding hydrogens is 268 g/mol. The molecule has 0 aromatic heterocycles. The quantitative estimate of drug-likeness (QED) is 0.630. The number of hydrogen-bond acceptors (Lipinski definition) is 4. The maximum absolute atomic E-state index is 12.0. The highest BCUT2D eigenvalue weighted by Gasteiger charge is 2.30. The third kappa shape index (κ3) is 3.58. The van der Waals surface area contributed by atoms with E-state index in [1.807, 2.05) is 0 Å². The highest BCUT2D eigenvalue weighted by molar-refractivity contribution is 6.30. The molecule has 0 amide bonds. The summed E-state index contributed by atoms with van der Waals surface area (Å²) in [6.07, 6.45) is 1.21. The standard InChI is InChI=1S/C14H13ClO4/c1-14(2)18-11(8-13(17)19-14)7-12(16)9-3-5-10(15)6-4-9/h3-6,8H,7H2,1-2H3. The number of carbonyl (C=O) groups excluding carboxylic acids is 2. The van der Waals surface area contributed by atoms with Crippen molar-refractivity contribution in [2.24, 2.45) is 0 Å². The fourth-order valence-electron chi connectivity index (χ4n) is 1.75. The van der Waals surface area contributed by atoms with Gasteiger partial charge in [-0.25, -0.2) is 4.79 Å². The van der Waals surface area contributed by atoms with Crippen LogP contribution in [0.2, 0.25) is 5.02 Å². The highest BCUT2D eigenvalue weighted by atomic mass is 35.5. The van der Waals surface area contributed by atoms with Gasteiger partial charge in [0, 0.05) is 24.4 Å². The molecule has 19 heavy (non-hydrogen) atoms. The van der Waals surface area contributed by atoms with Crippen molar-refractivity contribution >= 4 is 23.4 Å². The van der Waals surface area contributed by atoms with E-state index in [0.717, 1.165) is 0 Å². The fraction of sp³-hybridized carbons (Fsp3) is 0.286. The molecule has 1 heterocycles. The Morgan fingerprint density at radius 3 is 2.42 bits per heavy atom. The first kappa shape index (κ1) is 13.6. The highest BCUT2D eigenvalue weighted by Crippen LogP contribution is 2.25. The summed E-state index contributed by atoms with van der Waals surface area (Å²) < 4.78 is 10.4. The van der Waals surface area contributed by atoms with Crippen molar-refractivity contribution in [3.8, 4) is 0 Å². The minimum Gasteiger partial charge on any atom is -0.456 e. The first-order valence-electron chi connectivity index (χ1n) is 5.77. The molecule has 5 heteroatoms. The Morgan fingerprint density at radius 1 is 1.21 bits per heavy atom. The lowest BCUT2D eigenvalue weighted by molar-refractivity contribution is -0.205. The van der Waals surface area contributed by atoms with Gasteiger partial charge in [0.15, 0.2) is 5.78 Å². The molecule has 1 aromatic rings. The van der Waals surface area contributed by atoms with Crippen LogP contribution >= 0.6 is 11.6 Å². The third-order valence-corrected chi connectivity index (χ3v) is 2.76. The molecule has 1 aromatic carbocycles. The van der Waals surface area contributed by atoms with E-state index in [2.05, 4.69) is 0 Å². The maximum Gasteiger partial charge on any atom is 0.337 e. The van der Waals surface area contributed by atoms with Crippen LogP contribution in [-0.2, 0) is 14.3 Å². The van der Waals surface area contributed by atoms with Crippen LogP contribution in [0.15, 0.2) is 36.1 Å². The fourth-order valence-corrected chi connectivity index (χ4v) is 1.88. The lowest BCUT2D eigenvalue weighted by Crippen LogP contribution is -2.34. The Kier molecular flexibility index (Phi) is 3.62. The molecule has 0 saturated carbocycles. The van der Waals surface area contributed by atoms with Gasteiger partial charge in [0.05, 0.1) is 12.5 Å². The third-order valence-electron chi connectivity index (χ3n) is 2.50. The normalized spacial score (nSPS) is 17.2. The number of halogens is 1. The van der Waals surface area contributed by atoms with Crippen molar-refractivity contribution in [1.82, 2.24) is 0 Å². The lowest BCUT2D eigenvalue weighted by Gasteiger charge is -2.30. The Labute approximate surface area is 116 Å². The molecule has 0 bridgehead atoms.